The summed E-state index contributed by atoms with van der Waals surface area (Å²) in [6, 6.07) is 0. The second-order valence-corrected chi connectivity index (χ2v) is 5.44. The van der Waals surface area contributed by atoms with Crippen molar-refractivity contribution in [2.45, 2.75) is 63.6 Å². The molecule has 94 valence electrons. The summed E-state index contributed by atoms with van der Waals surface area (Å²) >= 11 is 0. The summed E-state index contributed by atoms with van der Waals surface area (Å²) in [5, 5.41) is 0. The molecular formula is C14H26O2. The number of hydrogen-bond acceptors (Lipinski definition) is 2. The SMILES string of the molecule is CO[C@@H]1CCCCC1C1CCCC[C@H]1OC. The number of ether oxygens (including phenoxy) is 2. The van der Waals surface area contributed by atoms with Gasteiger partial charge in [-0.3, -0.25) is 0 Å². The average Bonchev–Trinajstić information content (AvgIpc) is 2.38. The quantitative estimate of drug-likeness (QED) is 0.734. The first-order valence-electron chi connectivity index (χ1n) is 6.92. The number of rotatable bonds is 3. The first-order valence-corrected chi connectivity index (χ1v) is 6.92. The minimum Gasteiger partial charge on any atom is -0.381 e. The molecule has 0 aromatic rings. The lowest BCUT2D eigenvalue weighted by Crippen LogP contribution is -2.40. The molecule has 0 aromatic carbocycles. The Balaban J connectivity index is 2.01. The van der Waals surface area contributed by atoms with Gasteiger partial charge in [-0.2, -0.15) is 0 Å². The Morgan fingerprint density at radius 2 is 1.00 bits per heavy atom. The summed E-state index contributed by atoms with van der Waals surface area (Å²) in [4.78, 5) is 0. The van der Waals surface area contributed by atoms with E-state index in [0.29, 0.717) is 12.2 Å². The fraction of sp³-hybridized carbons (Fsp3) is 1.00. The lowest BCUT2D eigenvalue weighted by atomic mass is 9.70. The van der Waals surface area contributed by atoms with Gasteiger partial charge in [0.05, 0.1) is 12.2 Å². The monoisotopic (exact) mass is 226 g/mol. The summed E-state index contributed by atoms with van der Waals surface area (Å²) in [5.74, 6) is 1.51. The lowest BCUT2D eigenvalue weighted by molar-refractivity contribution is -0.0639. The smallest absolute Gasteiger partial charge is 0.0603 e. The molecule has 2 heteroatoms. The van der Waals surface area contributed by atoms with E-state index in [4.69, 9.17) is 9.47 Å². The molecule has 2 fully saturated rings. The van der Waals surface area contributed by atoms with E-state index in [0.717, 1.165) is 11.8 Å². The highest BCUT2D eigenvalue weighted by atomic mass is 16.5. The zero-order valence-electron chi connectivity index (χ0n) is 10.8. The maximum Gasteiger partial charge on any atom is 0.0603 e. The Labute approximate surface area is 99.7 Å². The van der Waals surface area contributed by atoms with E-state index in [2.05, 4.69) is 0 Å². The Morgan fingerprint density at radius 3 is 1.38 bits per heavy atom. The van der Waals surface area contributed by atoms with Crippen molar-refractivity contribution in [1.29, 1.82) is 0 Å². The Kier molecular flexibility index (Phi) is 4.66. The fourth-order valence-corrected chi connectivity index (χ4v) is 3.82. The maximum atomic E-state index is 5.69. The van der Waals surface area contributed by atoms with Gasteiger partial charge in [-0.1, -0.05) is 25.7 Å². The van der Waals surface area contributed by atoms with Crippen LogP contribution in [0.4, 0.5) is 0 Å². The van der Waals surface area contributed by atoms with Gasteiger partial charge >= 0.3 is 0 Å². The average molecular weight is 226 g/mol. The molecule has 0 radical (unpaired) electrons. The third-order valence-electron chi connectivity index (χ3n) is 4.66. The van der Waals surface area contributed by atoms with Crippen LogP contribution in [0.1, 0.15) is 51.4 Å². The minimum absolute atomic E-state index is 0.495. The molecule has 16 heavy (non-hydrogen) atoms. The molecule has 0 spiro atoms. The van der Waals surface area contributed by atoms with Crippen molar-refractivity contribution in [3.63, 3.8) is 0 Å². The molecule has 0 aliphatic heterocycles. The molecular weight excluding hydrogens is 200 g/mol. The van der Waals surface area contributed by atoms with Crippen LogP contribution < -0.4 is 0 Å². The highest BCUT2D eigenvalue weighted by molar-refractivity contribution is 4.87. The Bertz CT molecular complexity index is 183. The van der Waals surface area contributed by atoms with Gasteiger partial charge in [0.15, 0.2) is 0 Å². The number of hydrogen-bond donors (Lipinski definition) is 0. The highest BCUT2D eigenvalue weighted by Crippen LogP contribution is 2.40. The Hall–Kier alpha value is -0.0800. The first-order chi connectivity index (χ1) is 7.86. The van der Waals surface area contributed by atoms with E-state index < -0.39 is 0 Å². The third kappa shape index (κ3) is 2.60. The predicted octanol–water partition coefficient (Wildman–Crippen LogP) is 3.40. The van der Waals surface area contributed by atoms with Gasteiger partial charge in [0.25, 0.3) is 0 Å². The summed E-state index contributed by atoms with van der Waals surface area (Å²) in [6.07, 6.45) is 11.7. The summed E-state index contributed by atoms with van der Waals surface area (Å²) in [6.45, 7) is 0. The molecule has 2 nitrogen and oxygen atoms in total. The van der Waals surface area contributed by atoms with E-state index in [-0.39, 0.29) is 0 Å². The van der Waals surface area contributed by atoms with Crippen LogP contribution in [0.25, 0.3) is 0 Å². The molecule has 2 aliphatic rings. The van der Waals surface area contributed by atoms with Crippen molar-refractivity contribution in [2.75, 3.05) is 14.2 Å². The number of methoxy groups -OCH3 is 2. The van der Waals surface area contributed by atoms with E-state index in [1.54, 1.807) is 0 Å². The van der Waals surface area contributed by atoms with Crippen molar-refractivity contribution in [1.82, 2.24) is 0 Å². The van der Waals surface area contributed by atoms with Crippen LogP contribution in [0.15, 0.2) is 0 Å². The Morgan fingerprint density at radius 1 is 0.625 bits per heavy atom. The second kappa shape index (κ2) is 6.02. The summed E-state index contributed by atoms with van der Waals surface area (Å²) in [7, 11) is 3.77. The van der Waals surface area contributed by atoms with Crippen LogP contribution in [0.3, 0.4) is 0 Å². The van der Waals surface area contributed by atoms with E-state index >= 15 is 0 Å². The topological polar surface area (TPSA) is 18.5 Å². The van der Waals surface area contributed by atoms with Gasteiger partial charge in [0, 0.05) is 14.2 Å². The molecule has 2 unspecified atom stereocenters. The van der Waals surface area contributed by atoms with Crippen LogP contribution in [0.5, 0.6) is 0 Å². The van der Waals surface area contributed by atoms with E-state index in [1.807, 2.05) is 14.2 Å². The van der Waals surface area contributed by atoms with Crippen molar-refractivity contribution >= 4 is 0 Å². The first kappa shape index (κ1) is 12.4. The zero-order chi connectivity index (χ0) is 11.4. The van der Waals surface area contributed by atoms with Crippen LogP contribution in [-0.4, -0.2) is 26.4 Å². The van der Waals surface area contributed by atoms with Gasteiger partial charge in [-0.15, -0.1) is 0 Å². The van der Waals surface area contributed by atoms with Crippen molar-refractivity contribution < 1.29 is 9.47 Å². The van der Waals surface area contributed by atoms with Crippen LogP contribution >= 0.6 is 0 Å². The van der Waals surface area contributed by atoms with Crippen molar-refractivity contribution in [3.8, 4) is 0 Å². The lowest BCUT2D eigenvalue weighted by Gasteiger charge is -2.41. The minimum atomic E-state index is 0.495. The van der Waals surface area contributed by atoms with E-state index in [1.165, 1.54) is 51.4 Å². The zero-order valence-corrected chi connectivity index (χ0v) is 10.8. The molecule has 0 amide bonds. The van der Waals surface area contributed by atoms with Gasteiger partial charge < -0.3 is 9.47 Å². The fourth-order valence-electron chi connectivity index (χ4n) is 3.82. The molecule has 0 aromatic heterocycles. The van der Waals surface area contributed by atoms with Gasteiger partial charge in [-0.05, 0) is 37.5 Å². The molecule has 0 N–H and O–H groups in total. The largest absolute Gasteiger partial charge is 0.381 e. The van der Waals surface area contributed by atoms with Crippen LogP contribution in [0.2, 0.25) is 0 Å². The van der Waals surface area contributed by atoms with Crippen molar-refractivity contribution in [2.24, 2.45) is 11.8 Å². The molecule has 2 saturated carbocycles. The standard InChI is InChI=1S/C14H26O2/c1-15-13-9-5-3-7-11(13)12-8-4-6-10-14(12)16-2/h11-14H,3-10H2,1-2H3/t11?,12?,13-,14-/m1/s1. The normalized spacial score (nSPS) is 40.9. The van der Waals surface area contributed by atoms with E-state index in [9.17, 15) is 0 Å². The molecule has 2 aliphatic carbocycles. The van der Waals surface area contributed by atoms with Crippen molar-refractivity contribution in [3.05, 3.63) is 0 Å². The third-order valence-corrected chi connectivity index (χ3v) is 4.66. The van der Waals surface area contributed by atoms with Gasteiger partial charge in [-0.25, -0.2) is 0 Å². The van der Waals surface area contributed by atoms with Crippen LogP contribution in [0, 0.1) is 11.8 Å². The van der Waals surface area contributed by atoms with Crippen LogP contribution in [-0.2, 0) is 9.47 Å². The molecule has 0 saturated heterocycles. The summed E-state index contributed by atoms with van der Waals surface area (Å²) in [5.41, 5.74) is 0. The summed E-state index contributed by atoms with van der Waals surface area (Å²) < 4.78 is 11.4. The maximum absolute atomic E-state index is 5.69. The van der Waals surface area contributed by atoms with Gasteiger partial charge in [0.2, 0.25) is 0 Å². The second-order valence-electron chi connectivity index (χ2n) is 5.44. The predicted molar refractivity (Wildman–Crippen MR) is 65.5 cm³/mol. The molecule has 0 bridgehead atoms. The molecule has 4 atom stereocenters. The molecule has 2 rings (SSSR count). The highest BCUT2D eigenvalue weighted by Gasteiger charge is 2.37. The molecule has 0 heterocycles. The van der Waals surface area contributed by atoms with Gasteiger partial charge in [0.1, 0.15) is 0 Å².